The second-order valence-corrected chi connectivity index (χ2v) is 6.77. The number of carbonyl (C=O) groups is 1. The molecule has 0 aliphatic heterocycles. The third-order valence-electron chi connectivity index (χ3n) is 4.24. The highest BCUT2D eigenvalue weighted by molar-refractivity contribution is 6.30. The zero-order valence-electron chi connectivity index (χ0n) is 14.9. The highest BCUT2D eigenvalue weighted by Gasteiger charge is 2.21. The predicted molar refractivity (Wildman–Crippen MR) is 107 cm³/mol. The Morgan fingerprint density at radius 3 is 2.33 bits per heavy atom. The molecule has 5 heteroatoms. The van der Waals surface area contributed by atoms with Crippen molar-refractivity contribution < 1.29 is 9.18 Å². The van der Waals surface area contributed by atoms with E-state index in [1.807, 2.05) is 66.5 Å². The summed E-state index contributed by atoms with van der Waals surface area (Å²) in [5.41, 5.74) is 2.55. The first-order valence-electron chi connectivity index (χ1n) is 8.59. The summed E-state index contributed by atoms with van der Waals surface area (Å²) in [7, 11) is 1.89. The van der Waals surface area contributed by atoms with Crippen LogP contribution in [0.2, 0.25) is 5.02 Å². The molecule has 3 aromatic rings. The molecule has 0 heterocycles. The van der Waals surface area contributed by atoms with Gasteiger partial charge in [-0.3, -0.25) is 9.69 Å². The van der Waals surface area contributed by atoms with Crippen LogP contribution in [-0.2, 0) is 4.79 Å². The Hall–Kier alpha value is -2.69. The summed E-state index contributed by atoms with van der Waals surface area (Å²) in [5, 5.41) is 3.40. The van der Waals surface area contributed by atoms with E-state index in [0.717, 1.165) is 11.1 Å². The van der Waals surface area contributed by atoms with Crippen LogP contribution >= 0.6 is 11.6 Å². The molecule has 0 aromatic heterocycles. The Morgan fingerprint density at radius 1 is 1.00 bits per heavy atom. The van der Waals surface area contributed by atoms with E-state index < -0.39 is 0 Å². The SMILES string of the molecule is CN(CC(=O)Nc1cccc(F)c1)C(c1ccccc1)c1ccc(Cl)cc1. The molecule has 0 spiro atoms. The molecule has 27 heavy (non-hydrogen) atoms. The normalized spacial score (nSPS) is 12.0. The summed E-state index contributed by atoms with van der Waals surface area (Å²) >= 11 is 6.02. The molecule has 1 amide bonds. The van der Waals surface area contributed by atoms with Gasteiger partial charge in [0.05, 0.1) is 12.6 Å². The lowest BCUT2D eigenvalue weighted by Gasteiger charge is -2.28. The number of carbonyl (C=O) groups excluding carboxylic acids is 1. The van der Waals surface area contributed by atoms with Crippen molar-refractivity contribution in [3.63, 3.8) is 0 Å². The summed E-state index contributed by atoms with van der Waals surface area (Å²) in [5.74, 6) is -0.595. The number of nitrogens with zero attached hydrogens (tertiary/aromatic N) is 1. The van der Waals surface area contributed by atoms with Gasteiger partial charge in [-0.1, -0.05) is 60.1 Å². The molecule has 0 aliphatic carbocycles. The largest absolute Gasteiger partial charge is 0.325 e. The standard InChI is InChI=1S/C22H20ClFN2O/c1-26(15-21(27)25-20-9-5-8-19(24)14-20)22(16-6-3-2-4-7-16)17-10-12-18(23)13-11-17/h2-14,22H,15H2,1H3,(H,25,27). The zero-order valence-corrected chi connectivity index (χ0v) is 15.7. The molecule has 3 rings (SSSR count). The number of halogens is 2. The van der Waals surface area contributed by atoms with E-state index in [9.17, 15) is 9.18 Å². The molecule has 0 radical (unpaired) electrons. The molecule has 138 valence electrons. The first-order valence-corrected chi connectivity index (χ1v) is 8.97. The van der Waals surface area contributed by atoms with Crippen LogP contribution in [0.25, 0.3) is 0 Å². The van der Waals surface area contributed by atoms with Gasteiger partial charge >= 0.3 is 0 Å². The van der Waals surface area contributed by atoms with Gasteiger partial charge in [0, 0.05) is 10.7 Å². The van der Waals surface area contributed by atoms with Gasteiger partial charge in [-0.25, -0.2) is 4.39 Å². The molecule has 0 saturated carbocycles. The lowest BCUT2D eigenvalue weighted by molar-refractivity contribution is -0.117. The van der Waals surface area contributed by atoms with Gasteiger partial charge in [0.15, 0.2) is 0 Å². The van der Waals surface area contributed by atoms with Gasteiger partial charge in [0.25, 0.3) is 0 Å². The molecule has 1 N–H and O–H groups in total. The Kier molecular flexibility index (Phi) is 6.22. The number of likely N-dealkylation sites (N-methyl/N-ethyl adjacent to an activating group) is 1. The fourth-order valence-electron chi connectivity index (χ4n) is 3.07. The smallest absolute Gasteiger partial charge is 0.238 e. The molecule has 0 fully saturated rings. The van der Waals surface area contributed by atoms with Gasteiger partial charge in [-0.15, -0.1) is 0 Å². The van der Waals surface area contributed by atoms with Crippen LogP contribution in [0.3, 0.4) is 0 Å². The molecule has 0 aliphatic rings. The maximum Gasteiger partial charge on any atom is 0.238 e. The number of rotatable bonds is 6. The number of nitrogens with one attached hydrogen (secondary N) is 1. The van der Waals surface area contributed by atoms with Crippen LogP contribution < -0.4 is 5.32 Å². The lowest BCUT2D eigenvalue weighted by Crippen LogP contribution is -2.34. The molecule has 1 atom stereocenters. The molecule has 3 nitrogen and oxygen atoms in total. The van der Waals surface area contributed by atoms with Crippen molar-refractivity contribution >= 4 is 23.2 Å². The van der Waals surface area contributed by atoms with Crippen molar-refractivity contribution in [1.82, 2.24) is 4.90 Å². The van der Waals surface area contributed by atoms with E-state index >= 15 is 0 Å². The maximum atomic E-state index is 13.3. The van der Waals surface area contributed by atoms with Crippen molar-refractivity contribution in [1.29, 1.82) is 0 Å². The van der Waals surface area contributed by atoms with E-state index in [-0.39, 0.29) is 24.3 Å². The summed E-state index contributed by atoms with van der Waals surface area (Å²) in [6.07, 6.45) is 0. The fourth-order valence-corrected chi connectivity index (χ4v) is 3.19. The number of amides is 1. The van der Waals surface area contributed by atoms with Crippen LogP contribution in [0.15, 0.2) is 78.9 Å². The Balaban J connectivity index is 1.79. The van der Waals surface area contributed by atoms with Gasteiger partial charge in [0.1, 0.15) is 5.82 Å². The van der Waals surface area contributed by atoms with Crippen LogP contribution in [0.5, 0.6) is 0 Å². The van der Waals surface area contributed by atoms with Crippen molar-refractivity contribution in [2.45, 2.75) is 6.04 Å². The summed E-state index contributed by atoms with van der Waals surface area (Å²) in [6, 6.07) is 23.3. The van der Waals surface area contributed by atoms with Crippen LogP contribution in [0, 0.1) is 5.82 Å². The average molecular weight is 383 g/mol. The third kappa shape index (κ3) is 5.16. The first kappa shape index (κ1) is 19.1. The van der Waals surface area contributed by atoms with Crippen LogP contribution in [0.1, 0.15) is 17.2 Å². The van der Waals surface area contributed by atoms with Crippen LogP contribution in [0.4, 0.5) is 10.1 Å². The number of benzene rings is 3. The van der Waals surface area contributed by atoms with Gasteiger partial charge in [-0.2, -0.15) is 0 Å². The van der Waals surface area contributed by atoms with Crippen LogP contribution in [-0.4, -0.2) is 24.4 Å². The topological polar surface area (TPSA) is 32.3 Å². The van der Waals surface area contributed by atoms with Crippen molar-refractivity contribution in [3.8, 4) is 0 Å². The Labute approximate surface area is 163 Å². The van der Waals surface area contributed by atoms with Gasteiger partial charge in [-0.05, 0) is 48.5 Å². The lowest BCUT2D eigenvalue weighted by atomic mass is 9.97. The summed E-state index contributed by atoms with van der Waals surface area (Å²) in [4.78, 5) is 14.4. The Morgan fingerprint density at radius 2 is 1.67 bits per heavy atom. The Bertz CT molecular complexity index is 900. The molecule has 1 unspecified atom stereocenters. The van der Waals surface area contributed by atoms with Gasteiger partial charge in [0.2, 0.25) is 5.91 Å². The second kappa shape index (κ2) is 8.80. The van der Waals surface area contributed by atoms with Gasteiger partial charge < -0.3 is 5.32 Å². The molecular weight excluding hydrogens is 363 g/mol. The van der Waals surface area contributed by atoms with Crippen molar-refractivity contribution in [2.75, 3.05) is 18.9 Å². The molecule has 0 bridgehead atoms. The number of anilines is 1. The van der Waals surface area contributed by atoms with E-state index in [2.05, 4.69) is 5.32 Å². The molecule has 3 aromatic carbocycles. The van der Waals surface area contributed by atoms with E-state index in [0.29, 0.717) is 10.7 Å². The third-order valence-corrected chi connectivity index (χ3v) is 4.50. The summed E-state index contributed by atoms with van der Waals surface area (Å²) < 4.78 is 13.3. The fraction of sp³-hybridized carbons (Fsp3) is 0.136. The number of hydrogen-bond acceptors (Lipinski definition) is 2. The quantitative estimate of drug-likeness (QED) is 0.640. The van der Waals surface area contributed by atoms with Crippen molar-refractivity contribution in [2.24, 2.45) is 0 Å². The maximum absolute atomic E-state index is 13.3. The minimum absolute atomic E-state index is 0.110. The highest BCUT2D eigenvalue weighted by Crippen LogP contribution is 2.28. The first-order chi connectivity index (χ1) is 13.0. The average Bonchev–Trinajstić information content (AvgIpc) is 2.64. The predicted octanol–water partition coefficient (Wildman–Crippen LogP) is 5.14. The second-order valence-electron chi connectivity index (χ2n) is 6.34. The van der Waals surface area contributed by atoms with Crippen molar-refractivity contribution in [3.05, 3.63) is 101 Å². The van der Waals surface area contributed by atoms with E-state index in [1.54, 1.807) is 12.1 Å². The monoisotopic (exact) mass is 382 g/mol. The minimum Gasteiger partial charge on any atom is -0.325 e. The zero-order chi connectivity index (χ0) is 19.2. The van der Waals surface area contributed by atoms with E-state index in [4.69, 9.17) is 11.6 Å². The minimum atomic E-state index is -0.385. The summed E-state index contributed by atoms with van der Waals surface area (Å²) in [6.45, 7) is 0.151. The molecular formula is C22H20ClFN2O. The van der Waals surface area contributed by atoms with E-state index in [1.165, 1.54) is 12.1 Å². The molecule has 0 saturated heterocycles. The highest BCUT2D eigenvalue weighted by atomic mass is 35.5. The number of hydrogen-bond donors (Lipinski definition) is 1.